The van der Waals surface area contributed by atoms with Crippen LogP contribution >= 0.6 is 0 Å². The Labute approximate surface area is 110 Å². The van der Waals surface area contributed by atoms with E-state index in [9.17, 15) is 4.39 Å². The average molecular weight is 252 g/mol. The molecule has 0 unspecified atom stereocenters. The summed E-state index contributed by atoms with van der Waals surface area (Å²) >= 11 is 0. The number of rotatable bonds is 7. The van der Waals surface area contributed by atoms with Gasteiger partial charge in [-0.2, -0.15) is 0 Å². The Bertz CT molecular complexity index is 364. The average Bonchev–Trinajstić information content (AvgIpc) is 2.32. The summed E-state index contributed by atoms with van der Waals surface area (Å²) in [4.78, 5) is 2.07. The monoisotopic (exact) mass is 252 g/mol. The summed E-state index contributed by atoms with van der Waals surface area (Å²) in [6.07, 6.45) is 1.09. The van der Waals surface area contributed by atoms with Crippen molar-refractivity contribution < 1.29 is 4.39 Å². The molecule has 102 valence electrons. The molecular formula is C15H25FN2. The SMILES string of the molecule is CCCNCc1ccc(N(CC)C(C)C)c(F)c1. The number of nitrogens with zero attached hydrogens (tertiary/aromatic N) is 1. The fourth-order valence-corrected chi connectivity index (χ4v) is 2.12. The van der Waals surface area contributed by atoms with Crippen LogP contribution in [0, 0.1) is 5.82 Å². The Hall–Kier alpha value is -1.09. The summed E-state index contributed by atoms with van der Waals surface area (Å²) in [5.74, 6) is -0.124. The molecule has 18 heavy (non-hydrogen) atoms. The van der Waals surface area contributed by atoms with E-state index >= 15 is 0 Å². The van der Waals surface area contributed by atoms with Gasteiger partial charge in [-0.25, -0.2) is 4.39 Å². The molecule has 0 saturated heterocycles. The lowest BCUT2D eigenvalue weighted by Gasteiger charge is -2.28. The van der Waals surface area contributed by atoms with E-state index in [0.29, 0.717) is 11.7 Å². The molecule has 0 fully saturated rings. The van der Waals surface area contributed by atoms with Crippen molar-refractivity contribution >= 4 is 5.69 Å². The molecule has 0 bridgehead atoms. The van der Waals surface area contributed by atoms with Gasteiger partial charge in [0.2, 0.25) is 0 Å². The minimum absolute atomic E-state index is 0.124. The Morgan fingerprint density at radius 3 is 2.50 bits per heavy atom. The van der Waals surface area contributed by atoms with E-state index in [2.05, 4.69) is 37.9 Å². The first-order valence-electron chi connectivity index (χ1n) is 6.85. The summed E-state index contributed by atoms with van der Waals surface area (Å²) in [5, 5.41) is 3.28. The minimum Gasteiger partial charge on any atom is -0.367 e. The third kappa shape index (κ3) is 3.98. The van der Waals surface area contributed by atoms with Gasteiger partial charge in [0, 0.05) is 19.1 Å². The van der Waals surface area contributed by atoms with Gasteiger partial charge >= 0.3 is 0 Å². The van der Waals surface area contributed by atoms with Crippen LogP contribution in [0.25, 0.3) is 0 Å². The maximum Gasteiger partial charge on any atom is 0.146 e. The van der Waals surface area contributed by atoms with Crippen molar-refractivity contribution in [2.45, 2.75) is 46.7 Å². The van der Waals surface area contributed by atoms with Crippen molar-refractivity contribution in [1.82, 2.24) is 5.32 Å². The fourth-order valence-electron chi connectivity index (χ4n) is 2.12. The number of halogens is 1. The molecule has 0 radical (unpaired) electrons. The molecule has 1 aromatic carbocycles. The summed E-state index contributed by atoms with van der Waals surface area (Å²) in [7, 11) is 0. The molecule has 0 aliphatic heterocycles. The van der Waals surface area contributed by atoms with E-state index in [1.165, 1.54) is 0 Å². The van der Waals surface area contributed by atoms with Crippen LogP contribution in [0.15, 0.2) is 18.2 Å². The molecule has 0 aliphatic carbocycles. The molecule has 0 saturated carbocycles. The predicted octanol–water partition coefficient (Wildman–Crippen LogP) is 3.56. The first-order chi connectivity index (χ1) is 8.60. The number of benzene rings is 1. The number of anilines is 1. The molecule has 0 aliphatic rings. The second-order valence-corrected chi connectivity index (χ2v) is 4.84. The van der Waals surface area contributed by atoms with E-state index in [1.807, 2.05) is 12.1 Å². The molecule has 3 heteroatoms. The molecule has 0 amide bonds. The third-order valence-electron chi connectivity index (χ3n) is 3.04. The van der Waals surface area contributed by atoms with Crippen molar-refractivity contribution in [3.8, 4) is 0 Å². The van der Waals surface area contributed by atoms with Crippen LogP contribution in [0.2, 0.25) is 0 Å². The highest BCUT2D eigenvalue weighted by Crippen LogP contribution is 2.22. The summed E-state index contributed by atoms with van der Waals surface area (Å²) < 4.78 is 14.1. The van der Waals surface area contributed by atoms with Gasteiger partial charge in [0.25, 0.3) is 0 Å². The lowest BCUT2D eigenvalue weighted by Crippen LogP contribution is -2.31. The number of nitrogens with one attached hydrogen (secondary N) is 1. The van der Waals surface area contributed by atoms with E-state index in [-0.39, 0.29) is 5.82 Å². The molecule has 1 aromatic rings. The Kier molecular flexibility index (Phi) is 6.13. The first-order valence-corrected chi connectivity index (χ1v) is 6.85. The lowest BCUT2D eigenvalue weighted by atomic mass is 10.1. The van der Waals surface area contributed by atoms with Crippen LogP contribution in [0.1, 0.15) is 39.7 Å². The van der Waals surface area contributed by atoms with Gasteiger partial charge in [-0.1, -0.05) is 13.0 Å². The molecule has 1 N–H and O–H groups in total. The molecule has 0 aromatic heterocycles. The van der Waals surface area contributed by atoms with Gasteiger partial charge in [-0.15, -0.1) is 0 Å². The van der Waals surface area contributed by atoms with Crippen LogP contribution in [0.5, 0.6) is 0 Å². The van der Waals surface area contributed by atoms with Gasteiger partial charge in [0.1, 0.15) is 5.82 Å². The van der Waals surface area contributed by atoms with Gasteiger partial charge in [0.15, 0.2) is 0 Å². The van der Waals surface area contributed by atoms with Gasteiger partial charge in [-0.05, 0) is 51.4 Å². The molecule has 1 rings (SSSR count). The Morgan fingerprint density at radius 1 is 1.28 bits per heavy atom. The van der Waals surface area contributed by atoms with E-state index in [1.54, 1.807) is 6.07 Å². The topological polar surface area (TPSA) is 15.3 Å². The van der Waals surface area contributed by atoms with Gasteiger partial charge in [-0.3, -0.25) is 0 Å². The zero-order valence-corrected chi connectivity index (χ0v) is 12.0. The Morgan fingerprint density at radius 2 is 2.00 bits per heavy atom. The van der Waals surface area contributed by atoms with Crippen molar-refractivity contribution in [2.24, 2.45) is 0 Å². The normalized spacial score (nSPS) is 11.0. The Balaban J connectivity index is 2.78. The summed E-state index contributed by atoms with van der Waals surface area (Å²) in [6.45, 7) is 10.9. The highest BCUT2D eigenvalue weighted by Gasteiger charge is 2.13. The maximum absolute atomic E-state index is 14.1. The van der Waals surface area contributed by atoms with Crippen molar-refractivity contribution in [3.05, 3.63) is 29.6 Å². The molecule has 0 heterocycles. The van der Waals surface area contributed by atoms with Crippen LogP contribution in [0.4, 0.5) is 10.1 Å². The highest BCUT2D eigenvalue weighted by molar-refractivity contribution is 5.49. The first kappa shape index (κ1) is 15.0. The second kappa shape index (κ2) is 7.37. The van der Waals surface area contributed by atoms with Crippen LogP contribution < -0.4 is 10.2 Å². The fraction of sp³-hybridized carbons (Fsp3) is 0.600. The number of hydrogen-bond acceptors (Lipinski definition) is 2. The molecule has 2 nitrogen and oxygen atoms in total. The largest absolute Gasteiger partial charge is 0.367 e. The number of hydrogen-bond donors (Lipinski definition) is 1. The molecule has 0 atom stereocenters. The quantitative estimate of drug-likeness (QED) is 0.746. The van der Waals surface area contributed by atoms with E-state index < -0.39 is 0 Å². The predicted molar refractivity (Wildman–Crippen MR) is 76.6 cm³/mol. The summed E-state index contributed by atoms with van der Waals surface area (Å²) in [6, 6.07) is 5.85. The summed E-state index contributed by atoms with van der Waals surface area (Å²) in [5.41, 5.74) is 1.70. The third-order valence-corrected chi connectivity index (χ3v) is 3.04. The van der Waals surface area contributed by atoms with Crippen LogP contribution in [-0.2, 0) is 6.54 Å². The van der Waals surface area contributed by atoms with Gasteiger partial charge in [0.05, 0.1) is 5.69 Å². The molecule has 0 spiro atoms. The zero-order valence-electron chi connectivity index (χ0n) is 12.0. The maximum atomic E-state index is 14.1. The van der Waals surface area contributed by atoms with Gasteiger partial charge < -0.3 is 10.2 Å². The van der Waals surface area contributed by atoms with Crippen LogP contribution in [0.3, 0.4) is 0 Å². The second-order valence-electron chi connectivity index (χ2n) is 4.84. The minimum atomic E-state index is -0.124. The lowest BCUT2D eigenvalue weighted by molar-refractivity contribution is 0.599. The van der Waals surface area contributed by atoms with Crippen molar-refractivity contribution in [2.75, 3.05) is 18.0 Å². The van der Waals surface area contributed by atoms with E-state index in [0.717, 1.165) is 31.6 Å². The van der Waals surface area contributed by atoms with E-state index in [4.69, 9.17) is 0 Å². The van der Waals surface area contributed by atoms with Crippen LogP contribution in [-0.4, -0.2) is 19.1 Å². The highest BCUT2D eigenvalue weighted by atomic mass is 19.1. The van der Waals surface area contributed by atoms with Crippen molar-refractivity contribution in [1.29, 1.82) is 0 Å². The van der Waals surface area contributed by atoms with Crippen molar-refractivity contribution in [3.63, 3.8) is 0 Å². The standard InChI is InChI=1S/C15H25FN2/c1-5-9-17-11-13-7-8-15(14(16)10-13)18(6-2)12(3)4/h7-8,10,12,17H,5-6,9,11H2,1-4H3. The smallest absolute Gasteiger partial charge is 0.146 e. The molecular weight excluding hydrogens is 227 g/mol. The zero-order chi connectivity index (χ0) is 13.5.